The van der Waals surface area contributed by atoms with Crippen LogP contribution in [-0.2, 0) is 19.7 Å². The Morgan fingerprint density at radius 1 is 1.10 bits per heavy atom. The van der Waals surface area contributed by atoms with Gasteiger partial charge in [0.25, 0.3) is 6.02 Å². The highest BCUT2D eigenvalue weighted by Gasteiger charge is 2.36. The van der Waals surface area contributed by atoms with Crippen LogP contribution in [0.5, 0.6) is 0 Å². The molecule has 31 heavy (non-hydrogen) atoms. The molecular formula is C22H30FN3O5. The second kappa shape index (κ2) is 8.56. The summed E-state index contributed by atoms with van der Waals surface area (Å²) in [6.45, 7) is 15.9. The highest BCUT2D eigenvalue weighted by molar-refractivity contribution is 5.92. The van der Waals surface area contributed by atoms with Gasteiger partial charge in [0.05, 0.1) is 5.54 Å². The van der Waals surface area contributed by atoms with Gasteiger partial charge in [-0.3, -0.25) is 5.32 Å². The molecule has 1 aliphatic heterocycles. The van der Waals surface area contributed by atoms with Crippen LogP contribution in [-0.4, -0.2) is 29.4 Å². The molecule has 8 nitrogen and oxygen atoms in total. The van der Waals surface area contributed by atoms with Gasteiger partial charge in [-0.1, -0.05) is 6.58 Å². The average molecular weight is 435 g/mol. The summed E-state index contributed by atoms with van der Waals surface area (Å²) in [4.78, 5) is 28.5. The summed E-state index contributed by atoms with van der Waals surface area (Å²) in [7, 11) is 0. The molecule has 0 saturated heterocycles. The molecule has 2 amide bonds. The first-order valence-electron chi connectivity index (χ1n) is 9.82. The minimum atomic E-state index is -1.14. The van der Waals surface area contributed by atoms with Gasteiger partial charge in [-0.2, -0.15) is 0 Å². The number of hydrogen-bond acceptors (Lipinski definition) is 6. The fourth-order valence-corrected chi connectivity index (χ4v) is 2.88. The summed E-state index contributed by atoms with van der Waals surface area (Å²) >= 11 is 0. The number of amides is 2. The van der Waals surface area contributed by atoms with E-state index in [0.717, 1.165) is 0 Å². The molecule has 0 bridgehead atoms. The lowest BCUT2D eigenvalue weighted by Crippen LogP contribution is -2.41. The van der Waals surface area contributed by atoms with Crippen molar-refractivity contribution >= 4 is 23.9 Å². The Balaban J connectivity index is 2.31. The van der Waals surface area contributed by atoms with Crippen molar-refractivity contribution in [3.63, 3.8) is 0 Å². The molecule has 1 aliphatic rings. The van der Waals surface area contributed by atoms with E-state index in [-0.39, 0.29) is 23.8 Å². The molecule has 9 heteroatoms. The minimum absolute atomic E-state index is 0.155. The second-order valence-corrected chi connectivity index (χ2v) is 9.46. The Morgan fingerprint density at radius 3 is 2.19 bits per heavy atom. The van der Waals surface area contributed by atoms with Crippen LogP contribution in [0.15, 0.2) is 35.5 Å². The van der Waals surface area contributed by atoms with E-state index < -0.39 is 34.7 Å². The van der Waals surface area contributed by atoms with E-state index in [4.69, 9.17) is 14.2 Å². The summed E-state index contributed by atoms with van der Waals surface area (Å²) in [6.07, 6.45) is -1.26. The molecule has 0 saturated carbocycles. The van der Waals surface area contributed by atoms with Crippen molar-refractivity contribution in [3.8, 4) is 0 Å². The number of benzene rings is 1. The topological polar surface area (TPSA) is 98.2 Å². The van der Waals surface area contributed by atoms with Gasteiger partial charge in [0.2, 0.25) is 0 Å². The predicted molar refractivity (Wildman–Crippen MR) is 115 cm³/mol. The molecule has 1 aromatic rings. The quantitative estimate of drug-likeness (QED) is 0.665. The number of anilines is 1. The first-order chi connectivity index (χ1) is 14.1. The standard InChI is InChI=1S/C22H30FN3O5/c1-13-12-22(8,26-17(29-13)25-19(28)31-21(5,6)7)15-11-14(9-10-16(15)23)24-18(27)30-20(2,3)4/h9-11H,1,12H2,2-8H3,(H,24,27)(H,25,26,28)/t22-/m0/s1. The molecule has 0 spiro atoms. The number of carbonyl (C=O) groups excluding carboxylic acids is 2. The highest BCUT2D eigenvalue weighted by Crippen LogP contribution is 2.38. The molecule has 1 aromatic carbocycles. The smallest absolute Gasteiger partial charge is 0.415 e. The zero-order chi connectivity index (χ0) is 23.6. The highest BCUT2D eigenvalue weighted by atomic mass is 19.1. The van der Waals surface area contributed by atoms with E-state index >= 15 is 0 Å². The molecule has 1 heterocycles. The lowest BCUT2D eigenvalue weighted by atomic mass is 9.87. The maximum Gasteiger partial charge on any atom is 0.415 e. The maximum absolute atomic E-state index is 14.8. The lowest BCUT2D eigenvalue weighted by Gasteiger charge is -2.32. The van der Waals surface area contributed by atoms with Crippen LogP contribution in [0.1, 0.15) is 60.5 Å². The van der Waals surface area contributed by atoms with E-state index in [1.165, 1.54) is 18.2 Å². The predicted octanol–water partition coefficient (Wildman–Crippen LogP) is 5.20. The molecule has 0 fully saturated rings. The van der Waals surface area contributed by atoms with Crippen LogP contribution in [0.3, 0.4) is 0 Å². The van der Waals surface area contributed by atoms with Gasteiger partial charge in [-0.25, -0.2) is 24.3 Å². The normalized spacial score (nSPS) is 19.1. The van der Waals surface area contributed by atoms with Crippen molar-refractivity contribution in [2.24, 2.45) is 4.99 Å². The number of rotatable bonds is 2. The SMILES string of the molecule is C=C1C[C@@](C)(c2cc(NC(=O)OC(C)(C)C)ccc2F)N=C(NC(=O)OC(C)(C)C)O1. The van der Waals surface area contributed by atoms with Gasteiger partial charge >= 0.3 is 12.2 Å². The third-order valence-corrected chi connectivity index (χ3v) is 3.93. The van der Waals surface area contributed by atoms with Crippen LogP contribution in [0.4, 0.5) is 19.7 Å². The van der Waals surface area contributed by atoms with E-state index in [0.29, 0.717) is 5.69 Å². The van der Waals surface area contributed by atoms with Crippen LogP contribution in [0.25, 0.3) is 0 Å². The molecule has 0 aliphatic carbocycles. The van der Waals surface area contributed by atoms with E-state index in [2.05, 4.69) is 22.2 Å². The van der Waals surface area contributed by atoms with Crippen molar-refractivity contribution < 1.29 is 28.2 Å². The fraction of sp³-hybridized carbons (Fsp3) is 0.500. The van der Waals surface area contributed by atoms with Crippen LogP contribution in [0.2, 0.25) is 0 Å². The maximum atomic E-state index is 14.8. The van der Waals surface area contributed by atoms with Crippen molar-refractivity contribution in [1.29, 1.82) is 0 Å². The van der Waals surface area contributed by atoms with Gasteiger partial charge in [0, 0.05) is 17.7 Å². The number of amidine groups is 1. The number of carbonyl (C=O) groups is 2. The fourth-order valence-electron chi connectivity index (χ4n) is 2.88. The van der Waals surface area contributed by atoms with Crippen molar-refractivity contribution in [2.45, 2.75) is 71.6 Å². The number of hydrogen-bond donors (Lipinski definition) is 2. The van der Waals surface area contributed by atoms with Gasteiger partial charge in [0.15, 0.2) is 0 Å². The first-order valence-corrected chi connectivity index (χ1v) is 9.82. The zero-order valence-electron chi connectivity index (χ0n) is 19.0. The molecular weight excluding hydrogens is 405 g/mol. The number of nitrogens with one attached hydrogen (secondary N) is 2. The minimum Gasteiger partial charge on any atom is -0.444 e. The monoisotopic (exact) mass is 435 g/mol. The van der Waals surface area contributed by atoms with Crippen molar-refractivity contribution in [1.82, 2.24) is 5.32 Å². The van der Waals surface area contributed by atoms with Crippen LogP contribution < -0.4 is 10.6 Å². The van der Waals surface area contributed by atoms with Crippen LogP contribution in [0, 0.1) is 5.82 Å². The number of nitrogens with zero attached hydrogens (tertiary/aromatic N) is 1. The van der Waals surface area contributed by atoms with E-state index in [1.54, 1.807) is 48.5 Å². The largest absolute Gasteiger partial charge is 0.444 e. The van der Waals surface area contributed by atoms with Gasteiger partial charge in [0.1, 0.15) is 22.8 Å². The molecule has 2 rings (SSSR count). The van der Waals surface area contributed by atoms with Gasteiger partial charge in [-0.05, 0) is 66.7 Å². The molecule has 0 unspecified atom stereocenters. The Kier molecular flexibility index (Phi) is 6.68. The first kappa shape index (κ1) is 24.2. The summed E-state index contributed by atoms with van der Waals surface area (Å²) in [5, 5.41) is 5.00. The Morgan fingerprint density at radius 2 is 1.65 bits per heavy atom. The Bertz CT molecular complexity index is 915. The molecule has 2 N–H and O–H groups in total. The van der Waals surface area contributed by atoms with Gasteiger partial charge < -0.3 is 14.2 Å². The number of ether oxygens (including phenoxy) is 3. The zero-order valence-corrected chi connectivity index (χ0v) is 19.0. The summed E-state index contributed by atoms with van der Waals surface area (Å²) in [5.74, 6) is -0.249. The Labute approximate surface area is 181 Å². The summed E-state index contributed by atoms with van der Waals surface area (Å²) < 4.78 is 30.6. The molecule has 170 valence electrons. The van der Waals surface area contributed by atoms with Crippen LogP contribution >= 0.6 is 0 Å². The number of aliphatic imine (C=N–C) groups is 1. The summed E-state index contributed by atoms with van der Waals surface area (Å²) in [6, 6.07) is 3.95. The van der Waals surface area contributed by atoms with E-state index in [1.807, 2.05) is 0 Å². The number of alkyl carbamates (subject to hydrolysis) is 1. The molecule has 0 aromatic heterocycles. The van der Waals surface area contributed by atoms with E-state index in [9.17, 15) is 14.0 Å². The third-order valence-electron chi connectivity index (χ3n) is 3.93. The van der Waals surface area contributed by atoms with Crippen molar-refractivity contribution in [2.75, 3.05) is 5.32 Å². The lowest BCUT2D eigenvalue weighted by molar-refractivity contribution is 0.0547. The summed E-state index contributed by atoms with van der Waals surface area (Å²) in [5.41, 5.74) is -2.01. The number of halogens is 1. The third kappa shape index (κ3) is 7.27. The average Bonchev–Trinajstić information content (AvgIpc) is 2.51. The van der Waals surface area contributed by atoms with Gasteiger partial charge in [-0.15, -0.1) is 0 Å². The Hall–Kier alpha value is -3.10. The second-order valence-electron chi connectivity index (χ2n) is 9.46. The van der Waals surface area contributed by atoms with Crippen molar-refractivity contribution in [3.05, 3.63) is 41.9 Å². The molecule has 1 atom stereocenters. The molecule has 0 radical (unpaired) electrons.